The van der Waals surface area contributed by atoms with E-state index in [0.717, 1.165) is 23.5 Å². The Morgan fingerprint density at radius 1 is 1.09 bits per heavy atom. The third-order valence-corrected chi connectivity index (χ3v) is 6.58. The largest absolute Gasteiger partial charge is 0.467 e. The van der Waals surface area contributed by atoms with Crippen LogP contribution in [0.2, 0.25) is 0 Å². The van der Waals surface area contributed by atoms with Crippen molar-refractivity contribution in [2.45, 2.75) is 25.2 Å². The van der Waals surface area contributed by atoms with Crippen molar-refractivity contribution in [2.24, 2.45) is 5.92 Å². The Labute approximate surface area is 194 Å². The Morgan fingerprint density at radius 2 is 1.88 bits per heavy atom. The molecule has 1 fully saturated rings. The summed E-state index contributed by atoms with van der Waals surface area (Å²) in [6.45, 7) is 1.82. The molecule has 0 saturated carbocycles. The molecule has 2 atom stereocenters. The van der Waals surface area contributed by atoms with E-state index in [1.54, 1.807) is 24.3 Å². The number of anilines is 2. The van der Waals surface area contributed by atoms with Gasteiger partial charge in [0.05, 0.1) is 30.3 Å². The minimum atomic E-state index is -4.45. The minimum Gasteiger partial charge on any atom is -0.467 e. The second kappa shape index (κ2) is 8.70. The predicted molar refractivity (Wildman–Crippen MR) is 119 cm³/mol. The van der Waals surface area contributed by atoms with Crippen LogP contribution in [0, 0.1) is 11.7 Å². The number of carbonyl (C=O) groups excluding carboxylic acids is 1. The van der Waals surface area contributed by atoms with E-state index >= 15 is 0 Å². The molecule has 0 aliphatic carbocycles. The molecule has 0 radical (unpaired) electrons. The molecule has 34 heavy (non-hydrogen) atoms. The predicted octanol–water partition coefficient (Wildman–Crippen LogP) is 4.62. The monoisotopic (exact) mass is 473 g/mol. The smallest absolute Gasteiger partial charge is 0.416 e. The molecule has 1 aromatic heterocycles. The first kappa shape index (κ1) is 22.3. The summed E-state index contributed by atoms with van der Waals surface area (Å²) in [6.07, 6.45) is -2.74. The van der Waals surface area contributed by atoms with Crippen molar-refractivity contribution in [3.8, 4) is 0 Å². The molecule has 9 heteroatoms. The highest BCUT2D eigenvalue weighted by Crippen LogP contribution is 2.40. The summed E-state index contributed by atoms with van der Waals surface area (Å²) < 4.78 is 58.8. The van der Waals surface area contributed by atoms with Gasteiger partial charge in [-0.2, -0.15) is 13.2 Å². The van der Waals surface area contributed by atoms with Crippen LogP contribution in [-0.2, 0) is 23.9 Å². The van der Waals surface area contributed by atoms with Gasteiger partial charge < -0.3 is 19.5 Å². The van der Waals surface area contributed by atoms with Gasteiger partial charge in [-0.15, -0.1) is 0 Å². The summed E-state index contributed by atoms with van der Waals surface area (Å²) in [4.78, 5) is 17.4. The average molecular weight is 473 g/mol. The Bertz CT molecular complexity index is 1160. The Hall–Kier alpha value is -3.49. The van der Waals surface area contributed by atoms with E-state index in [4.69, 9.17) is 4.42 Å². The minimum absolute atomic E-state index is 0.196. The molecule has 2 aromatic carbocycles. The maximum atomic E-state index is 13.4. The fourth-order valence-corrected chi connectivity index (χ4v) is 4.90. The van der Waals surface area contributed by atoms with Crippen LogP contribution in [-0.4, -0.2) is 31.6 Å². The number of nitrogens with one attached hydrogen (secondary N) is 1. The van der Waals surface area contributed by atoms with E-state index in [9.17, 15) is 22.4 Å². The molecular formula is C25H23F4N3O2. The van der Waals surface area contributed by atoms with Crippen LogP contribution in [0.3, 0.4) is 0 Å². The molecule has 0 spiro atoms. The van der Waals surface area contributed by atoms with Gasteiger partial charge in [-0.05, 0) is 66.6 Å². The number of benzene rings is 2. The van der Waals surface area contributed by atoms with Crippen LogP contribution in [0.5, 0.6) is 0 Å². The second-order valence-corrected chi connectivity index (χ2v) is 8.63. The molecule has 1 N–H and O–H groups in total. The number of piperazine rings is 1. The summed E-state index contributed by atoms with van der Waals surface area (Å²) in [5.74, 6) is -0.536. The van der Waals surface area contributed by atoms with Crippen molar-refractivity contribution in [3.63, 3.8) is 0 Å². The van der Waals surface area contributed by atoms with E-state index in [-0.39, 0.29) is 30.7 Å². The fourth-order valence-electron chi connectivity index (χ4n) is 4.90. The van der Waals surface area contributed by atoms with Crippen LogP contribution in [0.4, 0.5) is 28.9 Å². The van der Waals surface area contributed by atoms with Crippen LogP contribution in [0.25, 0.3) is 0 Å². The fraction of sp³-hybridized carbons (Fsp3) is 0.320. The van der Waals surface area contributed by atoms with Gasteiger partial charge >= 0.3 is 6.18 Å². The van der Waals surface area contributed by atoms with Crippen LogP contribution < -0.4 is 15.1 Å². The molecule has 5 rings (SSSR count). The molecule has 2 aliphatic heterocycles. The zero-order valence-corrected chi connectivity index (χ0v) is 18.2. The van der Waals surface area contributed by atoms with Gasteiger partial charge in [-0.25, -0.2) is 4.39 Å². The number of furan rings is 1. The summed E-state index contributed by atoms with van der Waals surface area (Å²) in [5, 5.41) is 2.88. The third kappa shape index (κ3) is 4.34. The number of hydrogen-bond donors (Lipinski definition) is 1. The molecule has 3 aromatic rings. The topological polar surface area (TPSA) is 48.7 Å². The molecule has 1 saturated heterocycles. The van der Waals surface area contributed by atoms with Crippen molar-refractivity contribution in [2.75, 3.05) is 29.4 Å². The van der Waals surface area contributed by atoms with Crippen molar-refractivity contribution < 1.29 is 26.8 Å². The Kier molecular flexibility index (Phi) is 5.71. The van der Waals surface area contributed by atoms with Gasteiger partial charge in [-0.3, -0.25) is 4.79 Å². The van der Waals surface area contributed by atoms with Gasteiger partial charge in [0.15, 0.2) is 0 Å². The number of hydrogen-bond acceptors (Lipinski definition) is 4. The van der Waals surface area contributed by atoms with E-state index in [2.05, 4.69) is 10.2 Å². The first-order chi connectivity index (χ1) is 16.3. The van der Waals surface area contributed by atoms with Crippen LogP contribution in [0.15, 0.2) is 65.3 Å². The number of carbonyl (C=O) groups is 1. The summed E-state index contributed by atoms with van der Waals surface area (Å²) >= 11 is 0. The SMILES string of the molecule is O=C(NCc1ccco1)[C@H]1Cc2cc(C(F)(F)F)ccc2N2CCN(c3ccc(F)cc3)C[C@H]12. The molecule has 3 heterocycles. The van der Waals surface area contributed by atoms with E-state index < -0.39 is 17.7 Å². The quantitative estimate of drug-likeness (QED) is 0.562. The number of fused-ring (bicyclic) bond motifs is 3. The zero-order chi connectivity index (χ0) is 23.9. The van der Waals surface area contributed by atoms with E-state index in [1.807, 2.05) is 4.90 Å². The van der Waals surface area contributed by atoms with Gasteiger partial charge in [0.1, 0.15) is 11.6 Å². The summed E-state index contributed by atoms with van der Waals surface area (Å²) in [6, 6.07) is 13.2. The average Bonchev–Trinajstić information content (AvgIpc) is 3.35. The molecule has 2 aliphatic rings. The summed E-state index contributed by atoms with van der Waals surface area (Å²) in [7, 11) is 0. The normalized spacial score (nSPS) is 20.0. The number of alkyl halides is 3. The highest BCUT2D eigenvalue weighted by molar-refractivity contribution is 5.82. The van der Waals surface area contributed by atoms with Crippen molar-refractivity contribution >= 4 is 17.3 Å². The number of halogens is 4. The first-order valence-electron chi connectivity index (χ1n) is 11.1. The molecule has 1 amide bonds. The van der Waals surface area contributed by atoms with Crippen LogP contribution in [0.1, 0.15) is 16.9 Å². The zero-order valence-electron chi connectivity index (χ0n) is 18.2. The summed E-state index contributed by atoms with van der Waals surface area (Å²) in [5.41, 5.74) is 1.37. The van der Waals surface area contributed by atoms with Gasteiger partial charge in [0.2, 0.25) is 5.91 Å². The highest BCUT2D eigenvalue weighted by Gasteiger charge is 2.42. The van der Waals surface area contributed by atoms with E-state index in [1.165, 1.54) is 24.5 Å². The van der Waals surface area contributed by atoms with Crippen molar-refractivity contribution in [3.05, 3.63) is 83.6 Å². The van der Waals surface area contributed by atoms with Gasteiger partial charge in [-0.1, -0.05) is 0 Å². The lowest BCUT2D eigenvalue weighted by Crippen LogP contribution is -2.61. The van der Waals surface area contributed by atoms with Crippen molar-refractivity contribution in [1.29, 1.82) is 0 Å². The Balaban J connectivity index is 1.45. The molecular weight excluding hydrogens is 450 g/mol. The van der Waals surface area contributed by atoms with Gasteiger partial charge in [0, 0.05) is 31.0 Å². The second-order valence-electron chi connectivity index (χ2n) is 8.63. The van der Waals surface area contributed by atoms with Crippen LogP contribution >= 0.6 is 0 Å². The lowest BCUT2D eigenvalue weighted by Gasteiger charge is -2.49. The molecule has 0 unspecified atom stereocenters. The van der Waals surface area contributed by atoms with E-state index in [0.29, 0.717) is 31.0 Å². The third-order valence-electron chi connectivity index (χ3n) is 6.58. The number of nitrogens with zero attached hydrogens (tertiary/aromatic N) is 2. The van der Waals surface area contributed by atoms with Gasteiger partial charge in [0.25, 0.3) is 0 Å². The molecule has 0 bridgehead atoms. The highest BCUT2D eigenvalue weighted by atomic mass is 19.4. The number of amides is 1. The molecule has 178 valence electrons. The number of rotatable bonds is 4. The Morgan fingerprint density at radius 3 is 2.59 bits per heavy atom. The maximum absolute atomic E-state index is 13.4. The maximum Gasteiger partial charge on any atom is 0.416 e. The first-order valence-corrected chi connectivity index (χ1v) is 11.1. The lowest BCUT2D eigenvalue weighted by molar-refractivity contribution is -0.137. The molecule has 5 nitrogen and oxygen atoms in total. The standard InChI is InChI=1S/C25H23F4N3O2/c26-18-4-6-19(7-5-18)31-9-10-32-22-8-3-17(25(27,28)29)12-16(22)13-21(23(32)15-31)24(33)30-14-20-2-1-11-34-20/h1-8,11-12,21,23H,9-10,13-15H2,(H,30,33)/t21-,23+/m0/s1. The lowest BCUT2D eigenvalue weighted by atomic mass is 9.82. The van der Waals surface area contributed by atoms with Crippen molar-refractivity contribution in [1.82, 2.24) is 5.32 Å².